The molecule has 2 atom stereocenters. The molecule has 0 aromatic carbocycles. The van der Waals surface area contributed by atoms with E-state index in [1.165, 1.54) is 19.3 Å². The van der Waals surface area contributed by atoms with Crippen molar-refractivity contribution in [3.8, 4) is 0 Å². The Morgan fingerprint density at radius 2 is 2.00 bits per heavy atom. The molecule has 1 nitrogen and oxygen atoms in total. The van der Waals surface area contributed by atoms with Gasteiger partial charge >= 0.3 is 0 Å². The lowest BCUT2D eigenvalue weighted by molar-refractivity contribution is -0.0359. The Morgan fingerprint density at radius 1 is 1.33 bits per heavy atom. The van der Waals surface area contributed by atoms with Gasteiger partial charge in [0.25, 0.3) is 0 Å². The van der Waals surface area contributed by atoms with Crippen molar-refractivity contribution in [1.29, 1.82) is 0 Å². The summed E-state index contributed by atoms with van der Waals surface area (Å²) in [6, 6.07) is 0. The molecule has 0 spiro atoms. The molecule has 72 valence electrons. The third-order valence-corrected chi connectivity index (χ3v) is 3.05. The Bertz CT molecular complexity index is 134. The number of ether oxygens (including phenoxy) is 1. The highest BCUT2D eigenvalue weighted by Gasteiger charge is 2.30. The van der Waals surface area contributed by atoms with Crippen LogP contribution in [0.4, 0.5) is 0 Å². The molecule has 1 heteroatoms. The van der Waals surface area contributed by atoms with Crippen molar-refractivity contribution < 1.29 is 4.74 Å². The van der Waals surface area contributed by atoms with Crippen molar-refractivity contribution in [2.75, 3.05) is 6.61 Å². The molecule has 0 N–H and O–H groups in total. The predicted molar refractivity (Wildman–Crippen MR) is 52.2 cm³/mol. The fourth-order valence-electron chi connectivity index (χ4n) is 1.95. The van der Waals surface area contributed by atoms with Gasteiger partial charge in [0.1, 0.15) is 0 Å². The molecule has 0 bridgehead atoms. The van der Waals surface area contributed by atoms with Gasteiger partial charge in [-0.3, -0.25) is 0 Å². The van der Waals surface area contributed by atoms with Crippen LogP contribution in [-0.4, -0.2) is 12.7 Å². The predicted octanol–water partition coefficient (Wildman–Crippen LogP) is 3.24. The smallest absolute Gasteiger partial charge is 0.0575 e. The van der Waals surface area contributed by atoms with Gasteiger partial charge in [-0.15, -0.1) is 0 Å². The van der Waals surface area contributed by atoms with Crippen LogP contribution in [0.2, 0.25) is 0 Å². The third-order valence-electron chi connectivity index (χ3n) is 3.05. The summed E-state index contributed by atoms with van der Waals surface area (Å²) in [6.45, 7) is 10.2. The molecular formula is C11H22O. The van der Waals surface area contributed by atoms with Crippen LogP contribution in [0.25, 0.3) is 0 Å². The van der Waals surface area contributed by atoms with Crippen molar-refractivity contribution >= 4 is 0 Å². The molecule has 0 saturated carbocycles. The number of hydrogen-bond acceptors (Lipinski definition) is 1. The average Bonchev–Trinajstić information content (AvgIpc) is 2.03. The molecule has 0 aromatic rings. The van der Waals surface area contributed by atoms with E-state index in [2.05, 4.69) is 27.7 Å². The highest BCUT2D eigenvalue weighted by Crippen LogP contribution is 2.36. The van der Waals surface area contributed by atoms with Crippen LogP contribution in [0.5, 0.6) is 0 Å². The zero-order valence-electron chi connectivity index (χ0n) is 8.89. The van der Waals surface area contributed by atoms with E-state index in [0.29, 0.717) is 11.5 Å². The minimum absolute atomic E-state index is 0.469. The first-order valence-corrected chi connectivity index (χ1v) is 5.15. The summed E-state index contributed by atoms with van der Waals surface area (Å²) in [7, 11) is 0. The quantitative estimate of drug-likeness (QED) is 0.587. The van der Waals surface area contributed by atoms with Gasteiger partial charge in [0, 0.05) is 6.61 Å². The van der Waals surface area contributed by atoms with E-state index in [-0.39, 0.29) is 0 Å². The Balaban J connectivity index is 2.46. The number of rotatable bonds is 1. The van der Waals surface area contributed by atoms with Crippen molar-refractivity contribution in [3.63, 3.8) is 0 Å². The topological polar surface area (TPSA) is 9.23 Å². The Hall–Kier alpha value is -0.0400. The first kappa shape index (κ1) is 10.0. The molecule has 1 heterocycles. The lowest BCUT2D eigenvalue weighted by Gasteiger charge is -2.37. The summed E-state index contributed by atoms with van der Waals surface area (Å²) in [6.07, 6.45) is 4.22. The summed E-state index contributed by atoms with van der Waals surface area (Å²) in [4.78, 5) is 0. The molecule has 1 aliphatic heterocycles. The van der Waals surface area contributed by atoms with Crippen molar-refractivity contribution in [1.82, 2.24) is 0 Å². The summed E-state index contributed by atoms with van der Waals surface area (Å²) in [5.74, 6) is 0.858. The maximum atomic E-state index is 5.65. The maximum absolute atomic E-state index is 5.65. The van der Waals surface area contributed by atoms with E-state index in [1.807, 2.05) is 0 Å². The lowest BCUT2D eigenvalue weighted by Crippen LogP contribution is -2.32. The summed E-state index contributed by atoms with van der Waals surface area (Å²) in [5, 5.41) is 0. The van der Waals surface area contributed by atoms with Gasteiger partial charge in [0.15, 0.2) is 0 Å². The van der Waals surface area contributed by atoms with E-state index in [1.54, 1.807) is 0 Å². The third kappa shape index (κ3) is 2.48. The van der Waals surface area contributed by atoms with E-state index in [0.717, 1.165) is 12.5 Å². The molecule has 1 unspecified atom stereocenters. The Morgan fingerprint density at radius 3 is 2.50 bits per heavy atom. The van der Waals surface area contributed by atoms with Gasteiger partial charge in [-0.05, 0) is 30.6 Å². The normalized spacial score (nSPS) is 32.0. The monoisotopic (exact) mass is 170 g/mol. The number of hydrogen-bond donors (Lipinski definition) is 0. The first-order valence-electron chi connectivity index (χ1n) is 5.15. The van der Waals surface area contributed by atoms with E-state index in [4.69, 9.17) is 4.74 Å². The average molecular weight is 170 g/mol. The fourth-order valence-corrected chi connectivity index (χ4v) is 1.95. The zero-order chi connectivity index (χ0) is 9.19. The molecule has 0 aliphatic carbocycles. The molecule has 1 saturated heterocycles. The van der Waals surface area contributed by atoms with Crippen LogP contribution in [0.1, 0.15) is 47.0 Å². The summed E-state index contributed by atoms with van der Waals surface area (Å²) in [5.41, 5.74) is 0.469. The Kier molecular flexibility index (Phi) is 3.16. The van der Waals surface area contributed by atoms with Crippen molar-refractivity contribution in [2.45, 2.75) is 53.1 Å². The fraction of sp³-hybridized carbons (Fsp3) is 1.00. The minimum Gasteiger partial charge on any atom is -0.378 e. The van der Waals surface area contributed by atoms with Crippen molar-refractivity contribution in [3.05, 3.63) is 0 Å². The van der Waals surface area contributed by atoms with Gasteiger partial charge in [0.05, 0.1) is 6.10 Å². The van der Waals surface area contributed by atoms with Gasteiger partial charge in [0.2, 0.25) is 0 Å². The van der Waals surface area contributed by atoms with Crippen LogP contribution in [0, 0.1) is 11.3 Å². The second-order valence-corrected chi connectivity index (χ2v) is 4.99. The summed E-state index contributed by atoms with van der Waals surface area (Å²) < 4.78 is 5.65. The van der Waals surface area contributed by atoms with E-state index >= 15 is 0 Å². The molecule has 1 fully saturated rings. The maximum Gasteiger partial charge on any atom is 0.0575 e. The largest absolute Gasteiger partial charge is 0.378 e. The van der Waals surface area contributed by atoms with Gasteiger partial charge in [-0.2, -0.15) is 0 Å². The van der Waals surface area contributed by atoms with E-state index < -0.39 is 0 Å². The van der Waals surface area contributed by atoms with Crippen LogP contribution < -0.4 is 0 Å². The van der Waals surface area contributed by atoms with Crippen LogP contribution in [-0.2, 0) is 4.74 Å². The minimum atomic E-state index is 0.469. The highest BCUT2D eigenvalue weighted by atomic mass is 16.5. The standard InChI is InChI=1S/C11H22O/c1-5-10-8-9(6-7-12-10)11(2,3)4/h9-10H,5-8H2,1-4H3/t9?,10-/m0/s1. The van der Waals surface area contributed by atoms with Crippen LogP contribution >= 0.6 is 0 Å². The highest BCUT2D eigenvalue weighted by molar-refractivity contribution is 4.79. The molecule has 0 aromatic heterocycles. The van der Waals surface area contributed by atoms with Gasteiger partial charge in [-0.25, -0.2) is 0 Å². The second-order valence-electron chi connectivity index (χ2n) is 4.99. The molecule has 0 radical (unpaired) electrons. The summed E-state index contributed by atoms with van der Waals surface area (Å²) >= 11 is 0. The zero-order valence-corrected chi connectivity index (χ0v) is 8.89. The molecule has 0 amide bonds. The second kappa shape index (κ2) is 3.78. The molecule has 12 heavy (non-hydrogen) atoms. The van der Waals surface area contributed by atoms with E-state index in [9.17, 15) is 0 Å². The first-order chi connectivity index (χ1) is 5.54. The molecular weight excluding hydrogens is 148 g/mol. The molecule has 1 aliphatic rings. The van der Waals surface area contributed by atoms with Gasteiger partial charge in [-0.1, -0.05) is 27.7 Å². The Labute approximate surface area is 76.5 Å². The van der Waals surface area contributed by atoms with Crippen LogP contribution in [0.15, 0.2) is 0 Å². The van der Waals surface area contributed by atoms with Crippen LogP contribution in [0.3, 0.4) is 0 Å². The SMILES string of the molecule is CC[C@H]1CC(C(C)(C)C)CCO1. The van der Waals surface area contributed by atoms with Gasteiger partial charge < -0.3 is 4.74 Å². The lowest BCUT2D eigenvalue weighted by atomic mass is 9.74. The molecule has 1 rings (SSSR count). The van der Waals surface area contributed by atoms with Crippen molar-refractivity contribution in [2.24, 2.45) is 11.3 Å².